The average Bonchev–Trinajstić information content (AvgIpc) is 2.74. The van der Waals surface area contributed by atoms with Crippen LogP contribution in [0.4, 0.5) is 0 Å². The molecule has 0 aliphatic carbocycles. The largest absolute Gasteiger partial charge is 0.492 e. The summed E-state index contributed by atoms with van der Waals surface area (Å²) in [5.41, 5.74) is 2.61. The minimum Gasteiger partial charge on any atom is -0.492 e. The molecule has 2 aromatic rings. The summed E-state index contributed by atoms with van der Waals surface area (Å²) in [6.07, 6.45) is 0. The molecule has 6 nitrogen and oxygen atoms in total. The average molecular weight is 413 g/mol. The summed E-state index contributed by atoms with van der Waals surface area (Å²) in [5, 5.41) is 6.73. The van der Waals surface area contributed by atoms with E-state index in [0.29, 0.717) is 34.5 Å². The second-order valence-electron chi connectivity index (χ2n) is 6.22. The molecule has 0 radical (unpaired) electrons. The van der Waals surface area contributed by atoms with Crippen LogP contribution in [0.25, 0.3) is 5.70 Å². The third kappa shape index (κ3) is 4.35. The molecule has 29 heavy (non-hydrogen) atoms. The molecule has 152 valence electrons. The van der Waals surface area contributed by atoms with Gasteiger partial charge in [-0.05, 0) is 37.7 Å². The maximum Gasteiger partial charge on any atom is 0.338 e. The predicted molar refractivity (Wildman–Crippen MR) is 116 cm³/mol. The Morgan fingerprint density at radius 2 is 1.83 bits per heavy atom. The van der Waals surface area contributed by atoms with Gasteiger partial charge in [-0.25, -0.2) is 4.79 Å². The molecular weight excluding hydrogens is 388 g/mol. The van der Waals surface area contributed by atoms with E-state index < -0.39 is 12.0 Å². The van der Waals surface area contributed by atoms with Gasteiger partial charge in [0, 0.05) is 5.56 Å². The first-order chi connectivity index (χ1) is 14.1. The van der Waals surface area contributed by atoms with E-state index in [4.69, 9.17) is 26.4 Å². The Hall–Kier alpha value is -3.06. The van der Waals surface area contributed by atoms with Gasteiger partial charge in [0.25, 0.3) is 0 Å². The van der Waals surface area contributed by atoms with E-state index in [1.165, 1.54) is 0 Å². The quantitative estimate of drug-likeness (QED) is 0.532. The Kier molecular flexibility index (Phi) is 6.72. The number of esters is 1. The Labute approximate surface area is 175 Å². The fourth-order valence-electron chi connectivity index (χ4n) is 3.31. The van der Waals surface area contributed by atoms with Gasteiger partial charge in [-0.3, -0.25) is 0 Å². The Morgan fingerprint density at radius 3 is 2.48 bits per heavy atom. The molecule has 1 aliphatic rings. The maximum absolute atomic E-state index is 13.0. The van der Waals surface area contributed by atoms with Gasteiger partial charge in [-0.1, -0.05) is 42.5 Å². The van der Waals surface area contributed by atoms with E-state index in [2.05, 4.69) is 10.6 Å². The van der Waals surface area contributed by atoms with E-state index >= 15 is 0 Å². The number of hydrogen-bond acceptors (Lipinski definition) is 5. The molecular formula is C22H24N2O4S. The maximum atomic E-state index is 13.0. The highest BCUT2D eigenvalue weighted by molar-refractivity contribution is 7.80. The molecule has 2 N–H and O–H groups in total. The highest BCUT2D eigenvalue weighted by Crippen LogP contribution is 2.40. The standard InChI is InChI=1S/C22H24N2O4S/c1-4-27-16-13-9-12-15(20(16)26-3)19-17(21(25)28-5-2)18(23-22(29)24-19)14-10-7-6-8-11-14/h6-13,19H,4-5H2,1-3H3,(H2,23,24,29)/t19-/m0/s1. The molecule has 1 aliphatic heterocycles. The van der Waals surface area contributed by atoms with Gasteiger partial charge < -0.3 is 24.8 Å². The van der Waals surface area contributed by atoms with E-state index in [0.717, 1.165) is 11.1 Å². The van der Waals surface area contributed by atoms with E-state index in [9.17, 15) is 4.79 Å². The molecule has 0 aromatic heterocycles. The molecule has 0 amide bonds. The summed E-state index contributed by atoms with van der Waals surface area (Å²) in [4.78, 5) is 13.0. The Bertz CT molecular complexity index is 928. The molecule has 0 spiro atoms. The van der Waals surface area contributed by atoms with Gasteiger partial charge in [0.05, 0.1) is 37.6 Å². The lowest BCUT2D eigenvalue weighted by Crippen LogP contribution is -2.45. The molecule has 0 fully saturated rings. The number of carbonyl (C=O) groups is 1. The van der Waals surface area contributed by atoms with Crippen molar-refractivity contribution in [3.05, 3.63) is 65.2 Å². The van der Waals surface area contributed by atoms with Crippen LogP contribution in [0.15, 0.2) is 54.1 Å². The van der Waals surface area contributed by atoms with Crippen LogP contribution in [0.5, 0.6) is 11.5 Å². The lowest BCUT2D eigenvalue weighted by Gasteiger charge is -2.32. The van der Waals surface area contributed by atoms with Crippen molar-refractivity contribution in [2.45, 2.75) is 19.9 Å². The first-order valence-electron chi connectivity index (χ1n) is 9.44. The van der Waals surface area contributed by atoms with Gasteiger partial charge in [0.15, 0.2) is 16.6 Å². The van der Waals surface area contributed by atoms with Crippen LogP contribution in [0, 0.1) is 0 Å². The lowest BCUT2D eigenvalue weighted by molar-refractivity contribution is -0.138. The van der Waals surface area contributed by atoms with Gasteiger partial charge in [-0.15, -0.1) is 0 Å². The van der Waals surface area contributed by atoms with Crippen LogP contribution in [-0.4, -0.2) is 31.4 Å². The molecule has 0 saturated heterocycles. The van der Waals surface area contributed by atoms with Crippen molar-refractivity contribution in [2.24, 2.45) is 0 Å². The van der Waals surface area contributed by atoms with Gasteiger partial charge in [-0.2, -0.15) is 0 Å². The first kappa shape index (κ1) is 20.7. The Morgan fingerprint density at radius 1 is 1.07 bits per heavy atom. The number of ether oxygens (including phenoxy) is 3. The number of carbonyl (C=O) groups excluding carboxylic acids is 1. The molecule has 2 aromatic carbocycles. The minimum atomic E-state index is -0.562. The Balaban J connectivity index is 2.22. The van der Waals surface area contributed by atoms with Gasteiger partial charge >= 0.3 is 5.97 Å². The minimum absolute atomic E-state index is 0.262. The topological polar surface area (TPSA) is 68.8 Å². The summed E-state index contributed by atoms with van der Waals surface area (Å²) < 4.78 is 16.7. The number of hydrogen-bond donors (Lipinski definition) is 2. The van der Waals surface area contributed by atoms with Crippen molar-refractivity contribution >= 4 is 29.0 Å². The van der Waals surface area contributed by atoms with Gasteiger partial charge in [0.2, 0.25) is 0 Å². The van der Waals surface area contributed by atoms with E-state index in [-0.39, 0.29) is 6.61 Å². The molecule has 1 atom stereocenters. The van der Waals surface area contributed by atoms with Crippen LogP contribution in [-0.2, 0) is 9.53 Å². The number of benzene rings is 2. The molecule has 1 heterocycles. The highest BCUT2D eigenvalue weighted by atomic mass is 32.1. The number of thiocarbonyl (C=S) groups is 1. The lowest BCUT2D eigenvalue weighted by atomic mass is 9.92. The summed E-state index contributed by atoms with van der Waals surface area (Å²) >= 11 is 5.45. The van der Waals surface area contributed by atoms with Crippen LogP contribution in [0.3, 0.4) is 0 Å². The van der Waals surface area contributed by atoms with Crippen molar-refractivity contribution < 1.29 is 19.0 Å². The zero-order valence-corrected chi connectivity index (χ0v) is 17.5. The number of rotatable bonds is 7. The van der Waals surface area contributed by atoms with Crippen molar-refractivity contribution in [3.63, 3.8) is 0 Å². The highest BCUT2D eigenvalue weighted by Gasteiger charge is 2.35. The zero-order chi connectivity index (χ0) is 20.8. The van der Waals surface area contributed by atoms with Crippen LogP contribution < -0.4 is 20.1 Å². The zero-order valence-electron chi connectivity index (χ0n) is 16.7. The number of nitrogens with one attached hydrogen (secondary N) is 2. The van der Waals surface area contributed by atoms with Crippen molar-refractivity contribution in [1.82, 2.24) is 10.6 Å². The smallest absolute Gasteiger partial charge is 0.338 e. The predicted octanol–water partition coefficient (Wildman–Crippen LogP) is 3.59. The molecule has 3 rings (SSSR count). The van der Waals surface area contributed by atoms with Crippen LogP contribution in [0.2, 0.25) is 0 Å². The number of para-hydroxylation sites is 1. The van der Waals surface area contributed by atoms with Crippen molar-refractivity contribution in [3.8, 4) is 11.5 Å². The summed E-state index contributed by atoms with van der Waals surface area (Å²) in [7, 11) is 1.58. The van der Waals surface area contributed by atoms with Crippen molar-refractivity contribution in [1.29, 1.82) is 0 Å². The van der Waals surface area contributed by atoms with E-state index in [1.807, 2.05) is 55.5 Å². The SMILES string of the molecule is CCOC(=O)C1=C(c2ccccc2)NC(=S)N[C@H]1c1cccc(OCC)c1OC. The monoisotopic (exact) mass is 412 g/mol. The fraction of sp³-hybridized carbons (Fsp3) is 0.273. The molecule has 0 unspecified atom stereocenters. The van der Waals surface area contributed by atoms with E-state index in [1.54, 1.807) is 14.0 Å². The van der Waals surface area contributed by atoms with Crippen molar-refractivity contribution in [2.75, 3.05) is 20.3 Å². The third-order valence-electron chi connectivity index (χ3n) is 4.45. The summed E-state index contributed by atoms with van der Waals surface area (Å²) in [5.74, 6) is 0.719. The van der Waals surface area contributed by atoms with Crippen LogP contribution in [0.1, 0.15) is 31.0 Å². The summed E-state index contributed by atoms with van der Waals surface area (Å²) in [6.45, 7) is 4.44. The second kappa shape index (κ2) is 9.43. The fourth-order valence-corrected chi connectivity index (χ4v) is 3.53. The summed E-state index contributed by atoms with van der Waals surface area (Å²) in [6, 6.07) is 14.6. The molecule has 7 heteroatoms. The third-order valence-corrected chi connectivity index (χ3v) is 4.67. The normalized spacial score (nSPS) is 16.0. The first-order valence-corrected chi connectivity index (χ1v) is 9.85. The van der Waals surface area contributed by atoms with Gasteiger partial charge in [0.1, 0.15) is 0 Å². The second-order valence-corrected chi connectivity index (χ2v) is 6.63. The number of methoxy groups -OCH3 is 1. The van der Waals surface area contributed by atoms with Crippen LogP contribution >= 0.6 is 12.2 Å². The molecule has 0 saturated carbocycles. The molecule has 0 bridgehead atoms.